The average Bonchev–Trinajstić information content (AvgIpc) is 3.88. The fourth-order valence-corrected chi connectivity index (χ4v) is 12.0. The van der Waals surface area contributed by atoms with E-state index in [1.165, 1.54) is 77.0 Å². The zero-order valence-corrected chi connectivity index (χ0v) is 42.1. The van der Waals surface area contributed by atoms with Crippen LogP contribution in [-0.4, -0.2) is 90.5 Å². The van der Waals surface area contributed by atoms with Crippen LogP contribution in [0.2, 0.25) is 0 Å². The lowest BCUT2D eigenvalue weighted by Crippen LogP contribution is -2.70. The molecule has 1 aromatic rings. The molecule has 3 aliphatic carbocycles. The number of hydrogen-bond acceptors (Lipinski definition) is 10. The first-order valence-electron chi connectivity index (χ1n) is 27.5. The van der Waals surface area contributed by atoms with Crippen LogP contribution in [0.5, 0.6) is 11.5 Å². The summed E-state index contributed by atoms with van der Waals surface area (Å²) < 4.78 is 26.7. The largest absolute Gasteiger partial charge is 0.459 e. The lowest BCUT2D eigenvalue weighted by molar-refractivity contribution is -0.257. The molecule has 0 bridgehead atoms. The van der Waals surface area contributed by atoms with Gasteiger partial charge in [0.15, 0.2) is 0 Å². The first kappa shape index (κ1) is 53.9. The molecule has 0 spiro atoms. The molecule has 2 amide bonds. The number of aliphatic hydroxyl groups is 2. The number of nitrogens with zero attached hydrogens (tertiary/aromatic N) is 2. The Morgan fingerprint density at radius 1 is 0.882 bits per heavy atom. The zero-order chi connectivity index (χ0) is 48.0. The molecule has 7 atom stereocenters. The van der Waals surface area contributed by atoms with Gasteiger partial charge in [0, 0.05) is 57.0 Å². The van der Waals surface area contributed by atoms with Crippen LogP contribution in [0.4, 0.5) is 4.79 Å². The van der Waals surface area contributed by atoms with E-state index in [4.69, 9.17) is 28.9 Å². The number of carbonyl (C=O) groups is 2. The molecular weight excluding hydrogens is 859 g/mol. The number of carbonyl (C=O) groups excluding carboxylic acids is 2. The molecule has 5 aliphatic rings. The average molecular weight is 948 g/mol. The predicted octanol–water partition coefficient (Wildman–Crippen LogP) is 12.1. The SMILES string of the molecule is C=CCOC12Oc3ccc(OC(=O)NCCCCCCCCCCCC)cc3C3C(CCCCO)C(CCCCO)C=C(C(=NOC4CCCCO4)CC1N(CCC)C(=O)CCC1CCCC1)C32. The van der Waals surface area contributed by atoms with Crippen molar-refractivity contribution in [2.45, 2.75) is 211 Å². The van der Waals surface area contributed by atoms with Gasteiger partial charge in [0.25, 0.3) is 0 Å². The van der Waals surface area contributed by atoms with Gasteiger partial charge >= 0.3 is 6.09 Å². The number of aliphatic hydroxyl groups excluding tert-OH is 2. The van der Waals surface area contributed by atoms with Gasteiger partial charge in [-0.25, -0.2) is 4.79 Å². The summed E-state index contributed by atoms with van der Waals surface area (Å²) in [6.07, 6.45) is 30.1. The molecule has 3 N–H and O–H groups in total. The van der Waals surface area contributed by atoms with E-state index in [2.05, 4.69) is 31.8 Å². The number of rotatable bonds is 31. The van der Waals surface area contributed by atoms with Gasteiger partial charge < -0.3 is 44.2 Å². The van der Waals surface area contributed by atoms with Crippen LogP contribution in [0.25, 0.3) is 0 Å². The summed E-state index contributed by atoms with van der Waals surface area (Å²) in [7, 11) is 0. The summed E-state index contributed by atoms with van der Waals surface area (Å²) in [5.74, 6) is -0.0808. The van der Waals surface area contributed by atoms with E-state index in [1.54, 1.807) is 12.1 Å². The van der Waals surface area contributed by atoms with Crippen molar-refractivity contribution >= 4 is 17.7 Å². The van der Waals surface area contributed by atoms with Crippen LogP contribution in [0.1, 0.15) is 199 Å². The van der Waals surface area contributed by atoms with Crippen molar-refractivity contribution in [1.82, 2.24) is 10.2 Å². The number of oxime groups is 1. The summed E-state index contributed by atoms with van der Waals surface area (Å²) in [6, 6.07) is 5.14. The van der Waals surface area contributed by atoms with E-state index in [0.717, 1.165) is 87.5 Å². The smallest absolute Gasteiger partial charge is 0.412 e. The number of hydrogen-bond donors (Lipinski definition) is 3. The molecule has 6 rings (SSSR count). The summed E-state index contributed by atoms with van der Waals surface area (Å²) in [6.45, 7) is 10.6. The second-order valence-corrected chi connectivity index (χ2v) is 20.4. The number of allylic oxidation sites excluding steroid dienone is 1. The van der Waals surface area contributed by atoms with Crippen LogP contribution in [-0.2, 0) is 19.1 Å². The molecule has 12 heteroatoms. The van der Waals surface area contributed by atoms with Crippen molar-refractivity contribution < 1.29 is 43.6 Å². The highest BCUT2D eigenvalue weighted by molar-refractivity contribution is 6.03. The molecule has 382 valence electrons. The maximum absolute atomic E-state index is 14.9. The van der Waals surface area contributed by atoms with Crippen molar-refractivity contribution in [2.24, 2.45) is 28.8 Å². The molecule has 7 unspecified atom stereocenters. The number of ether oxygens (including phenoxy) is 4. The summed E-state index contributed by atoms with van der Waals surface area (Å²) in [5.41, 5.74) is 2.68. The van der Waals surface area contributed by atoms with Crippen molar-refractivity contribution in [1.29, 1.82) is 0 Å². The Balaban J connectivity index is 1.37. The quantitative estimate of drug-likeness (QED) is 0.0376. The van der Waals surface area contributed by atoms with Crippen molar-refractivity contribution in [2.75, 3.05) is 39.5 Å². The Hall–Kier alpha value is -3.45. The van der Waals surface area contributed by atoms with Gasteiger partial charge in [0.2, 0.25) is 18.0 Å². The molecule has 0 aromatic heterocycles. The predicted molar refractivity (Wildman–Crippen MR) is 269 cm³/mol. The van der Waals surface area contributed by atoms with Gasteiger partial charge in [-0.15, -0.1) is 6.58 Å². The molecule has 1 aromatic carbocycles. The number of fused-ring (bicyclic) bond motifs is 2. The lowest BCUT2D eigenvalue weighted by Gasteiger charge is -2.60. The lowest BCUT2D eigenvalue weighted by atomic mass is 9.55. The highest BCUT2D eigenvalue weighted by atomic mass is 16.8. The van der Waals surface area contributed by atoms with E-state index in [1.807, 2.05) is 17.0 Å². The fourth-order valence-electron chi connectivity index (χ4n) is 12.0. The molecule has 2 saturated carbocycles. The van der Waals surface area contributed by atoms with Crippen molar-refractivity contribution in [3.05, 3.63) is 48.1 Å². The molecular formula is C56H89N3O9. The first-order valence-corrected chi connectivity index (χ1v) is 27.5. The molecule has 2 aliphatic heterocycles. The standard InChI is InChI=1S/C56H89N3O9/c1-4-7-8-9-10-11-12-13-14-20-33-57-55(63)66-44-30-31-49-47(40-44)53-45(27-18-22-36-61)43(26-17-21-35-60)39-46-48(58-68-52-28-19-23-38-64-52)41-50(56(67-49,54(46)53)65-37-6-3)59(34-5-2)51(62)32-29-42-24-15-16-25-42/h6,30-31,39-40,42-43,45,50,52-54,60-61H,3-5,7-29,32-38,41H2,1-2H3,(H,57,63). The van der Waals surface area contributed by atoms with Gasteiger partial charge in [-0.3, -0.25) is 4.79 Å². The number of amides is 2. The highest BCUT2D eigenvalue weighted by Crippen LogP contribution is 2.62. The molecule has 1 saturated heterocycles. The molecule has 3 fully saturated rings. The van der Waals surface area contributed by atoms with Crippen molar-refractivity contribution in [3.63, 3.8) is 0 Å². The minimum Gasteiger partial charge on any atom is -0.459 e. The van der Waals surface area contributed by atoms with Crippen LogP contribution in [0.3, 0.4) is 0 Å². The molecule has 68 heavy (non-hydrogen) atoms. The Labute approximate surface area is 409 Å². The monoisotopic (exact) mass is 948 g/mol. The van der Waals surface area contributed by atoms with Crippen LogP contribution < -0.4 is 14.8 Å². The van der Waals surface area contributed by atoms with Gasteiger partial charge in [-0.1, -0.05) is 127 Å². The zero-order valence-electron chi connectivity index (χ0n) is 42.1. The van der Waals surface area contributed by atoms with E-state index in [-0.39, 0.29) is 43.5 Å². The van der Waals surface area contributed by atoms with Crippen molar-refractivity contribution in [3.8, 4) is 11.5 Å². The normalized spacial score (nSPS) is 26.1. The minimum atomic E-state index is -1.32. The first-order chi connectivity index (χ1) is 33.4. The van der Waals surface area contributed by atoms with E-state index >= 15 is 0 Å². The summed E-state index contributed by atoms with van der Waals surface area (Å²) >= 11 is 0. The Morgan fingerprint density at radius 2 is 1.60 bits per heavy atom. The minimum absolute atomic E-state index is 0.0593. The molecule has 12 nitrogen and oxygen atoms in total. The van der Waals surface area contributed by atoms with Crippen LogP contribution in [0.15, 0.2) is 47.7 Å². The topological polar surface area (TPSA) is 148 Å². The summed E-state index contributed by atoms with van der Waals surface area (Å²) in [5, 5.41) is 28.0. The van der Waals surface area contributed by atoms with Gasteiger partial charge in [-0.05, 0) is 99.3 Å². The Bertz CT molecular complexity index is 1740. The number of nitrogens with one attached hydrogen (secondary N) is 1. The maximum Gasteiger partial charge on any atom is 0.412 e. The summed E-state index contributed by atoms with van der Waals surface area (Å²) in [4.78, 5) is 36.6. The van der Waals surface area contributed by atoms with E-state index in [9.17, 15) is 19.8 Å². The Kier molecular flexibility index (Phi) is 23.0. The van der Waals surface area contributed by atoms with E-state index < -0.39 is 30.1 Å². The second kappa shape index (κ2) is 29.0. The van der Waals surface area contributed by atoms with Gasteiger partial charge in [-0.2, -0.15) is 0 Å². The second-order valence-electron chi connectivity index (χ2n) is 20.4. The molecule has 2 heterocycles. The number of benzene rings is 1. The van der Waals surface area contributed by atoms with Crippen LogP contribution in [0, 0.1) is 23.7 Å². The third-order valence-electron chi connectivity index (χ3n) is 15.5. The third-order valence-corrected chi connectivity index (χ3v) is 15.5. The van der Waals surface area contributed by atoms with Gasteiger partial charge in [0.1, 0.15) is 17.5 Å². The Morgan fingerprint density at radius 3 is 2.29 bits per heavy atom. The molecule has 0 radical (unpaired) electrons. The van der Waals surface area contributed by atoms with Gasteiger partial charge in [0.05, 0.1) is 24.8 Å². The number of unbranched alkanes of at least 4 members (excludes halogenated alkanes) is 11. The van der Waals surface area contributed by atoms with E-state index in [0.29, 0.717) is 62.8 Å². The maximum atomic E-state index is 14.9. The third kappa shape index (κ3) is 14.8. The van der Waals surface area contributed by atoms with Crippen LogP contribution >= 0.6 is 0 Å². The highest BCUT2D eigenvalue weighted by Gasteiger charge is 2.65. The fraction of sp³-hybridized carbons (Fsp3) is 0.768.